The third-order valence-electron chi connectivity index (χ3n) is 5.77. The van der Waals surface area contributed by atoms with E-state index in [1.54, 1.807) is 16.0 Å². The number of carboxylic acids is 1. The van der Waals surface area contributed by atoms with Crippen molar-refractivity contribution in [3.63, 3.8) is 0 Å². The molecule has 2 atom stereocenters. The number of carbonyl (C=O) groups is 1. The number of aromatic carboxylic acids is 1. The summed E-state index contributed by atoms with van der Waals surface area (Å²) in [6, 6.07) is 1.43. The topological polar surface area (TPSA) is 88.0 Å². The second kappa shape index (κ2) is 5.77. The molecule has 2 aliphatic rings. The molecule has 6 nitrogen and oxygen atoms in total. The zero-order chi connectivity index (χ0) is 18.9. The highest BCUT2D eigenvalue weighted by atomic mass is 32.1. The number of benzene rings is 1. The number of aromatic nitrogens is 1. The van der Waals surface area contributed by atoms with E-state index in [-0.39, 0.29) is 23.0 Å². The molecule has 27 heavy (non-hydrogen) atoms. The molecule has 1 aromatic carbocycles. The van der Waals surface area contributed by atoms with Gasteiger partial charge in [0.15, 0.2) is 0 Å². The van der Waals surface area contributed by atoms with Crippen LogP contribution in [0.2, 0.25) is 0 Å². The number of hydrogen-bond donors (Lipinski definition) is 2. The van der Waals surface area contributed by atoms with E-state index in [2.05, 4.69) is 4.90 Å². The molecule has 1 saturated heterocycles. The van der Waals surface area contributed by atoms with Crippen LogP contribution in [0, 0.1) is 5.82 Å². The SMILES string of the molecule is NC1C[C@H]2CCCc3c(c(F)cc4c(=O)c(C(=O)O)c5sccn5c34)N2C1. The highest BCUT2D eigenvalue weighted by Crippen LogP contribution is 2.40. The maximum atomic E-state index is 15.2. The average Bonchev–Trinajstić information content (AvgIpc) is 3.17. The van der Waals surface area contributed by atoms with Crippen LogP contribution in [0.3, 0.4) is 0 Å². The lowest BCUT2D eigenvalue weighted by Crippen LogP contribution is -2.31. The predicted octanol–water partition coefficient (Wildman–Crippen LogP) is 2.59. The number of thiazole rings is 1. The Balaban J connectivity index is 1.93. The number of anilines is 1. The molecule has 5 rings (SSSR count). The summed E-state index contributed by atoms with van der Waals surface area (Å²) in [7, 11) is 0. The molecule has 1 fully saturated rings. The first-order chi connectivity index (χ1) is 13.0. The molecule has 140 valence electrons. The summed E-state index contributed by atoms with van der Waals surface area (Å²) in [6.45, 7) is 0.592. The first kappa shape index (κ1) is 16.7. The number of nitrogens with zero attached hydrogens (tertiary/aromatic N) is 2. The Bertz CT molecular complexity index is 1170. The molecular formula is C19H18FN3O3S. The van der Waals surface area contributed by atoms with Crippen molar-refractivity contribution in [1.29, 1.82) is 0 Å². The van der Waals surface area contributed by atoms with Crippen LogP contribution >= 0.6 is 11.3 Å². The minimum Gasteiger partial charge on any atom is -0.477 e. The molecular weight excluding hydrogens is 369 g/mol. The Labute approximate surface area is 157 Å². The van der Waals surface area contributed by atoms with Crippen molar-refractivity contribution in [2.75, 3.05) is 11.4 Å². The molecule has 1 unspecified atom stereocenters. The fraction of sp³-hybridized carbons (Fsp3) is 0.368. The molecule has 3 N–H and O–H groups in total. The quantitative estimate of drug-likeness (QED) is 0.670. The Morgan fingerprint density at radius 1 is 1.41 bits per heavy atom. The number of fused-ring (bicyclic) bond motifs is 7. The number of carboxylic acid groups (broad SMARTS) is 1. The van der Waals surface area contributed by atoms with Crippen LogP contribution in [0.1, 0.15) is 35.2 Å². The first-order valence-corrected chi connectivity index (χ1v) is 9.87. The third-order valence-corrected chi connectivity index (χ3v) is 6.65. The Morgan fingerprint density at radius 3 is 3.00 bits per heavy atom. The van der Waals surface area contributed by atoms with Crippen molar-refractivity contribution in [2.45, 2.75) is 37.8 Å². The second-order valence-electron chi connectivity index (χ2n) is 7.36. The lowest BCUT2D eigenvalue weighted by molar-refractivity contribution is 0.0697. The summed E-state index contributed by atoms with van der Waals surface area (Å²) >= 11 is 1.21. The fourth-order valence-corrected chi connectivity index (χ4v) is 5.62. The van der Waals surface area contributed by atoms with Crippen molar-refractivity contribution < 1.29 is 14.3 Å². The highest BCUT2D eigenvalue weighted by molar-refractivity contribution is 7.16. The maximum Gasteiger partial charge on any atom is 0.342 e. The molecule has 0 aliphatic carbocycles. The molecule has 0 saturated carbocycles. The lowest BCUT2D eigenvalue weighted by atomic mass is 10.00. The van der Waals surface area contributed by atoms with E-state index in [1.165, 1.54) is 17.4 Å². The van der Waals surface area contributed by atoms with Gasteiger partial charge in [-0.25, -0.2) is 9.18 Å². The van der Waals surface area contributed by atoms with E-state index in [1.807, 2.05) is 0 Å². The summed E-state index contributed by atoms with van der Waals surface area (Å²) in [5.74, 6) is -1.76. The normalized spacial score (nSPS) is 22.1. The second-order valence-corrected chi connectivity index (χ2v) is 8.26. The summed E-state index contributed by atoms with van der Waals surface area (Å²) in [6.07, 6.45) is 5.04. The van der Waals surface area contributed by atoms with Crippen LogP contribution in [-0.2, 0) is 6.42 Å². The van der Waals surface area contributed by atoms with Crippen molar-refractivity contribution in [3.05, 3.63) is 44.8 Å². The van der Waals surface area contributed by atoms with Gasteiger partial charge < -0.3 is 20.1 Å². The number of nitrogens with two attached hydrogens (primary N) is 1. The van der Waals surface area contributed by atoms with Crippen LogP contribution < -0.4 is 16.1 Å². The smallest absolute Gasteiger partial charge is 0.342 e. The molecule has 0 spiro atoms. The number of aryl methyl sites for hydroxylation is 1. The van der Waals surface area contributed by atoms with Crippen molar-refractivity contribution in [2.24, 2.45) is 5.73 Å². The van der Waals surface area contributed by atoms with Gasteiger partial charge in [-0.2, -0.15) is 0 Å². The van der Waals surface area contributed by atoms with Gasteiger partial charge in [0.1, 0.15) is 16.2 Å². The highest BCUT2D eigenvalue weighted by Gasteiger charge is 2.36. The van der Waals surface area contributed by atoms with Crippen LogP contribution in [-0.4, -0.2) is 34.1 Å². The molecule has 0 amide bonds. The Hall–Kier alpha value is -2.45. The van der Waals surface area contributed by atoms with Crippen LogP contribution in [0.4, 0.5) is 10.1 Å². The van der Waals surface area contributed by atoms with E-state index >= 15 is 4.39 Å². The van der Waals surface area contributed by atoms with Gasteiger partial charge in [0.2, 0.25) is 5.43 Å². The van der Waals surface area contributed by atoms with Crippen molar-refractivity contribution in [3.8, 4) is 0 Å². The number of hydrogen-bond acceptors (Lipinski definition) is 5. The minimum atomic E-state index is -1.29. The fourth-order valence-electron chi connectivity index (χ4n) is 4.75. The summed E-state index contributed by atoms with van der Waals surface area (Å²) in [5, 5.41) is 11.4. The van der Waals surface area contributed by atoms with Crippen LogP contribution in [0.15, 0.2) is 22.4 Å². The summed E-state index contributed by atoms with van der Waals surface area (Å²) < 4.78 is 16.9. The maximum absolute atomic E-state index is 15.2. The molecule has 2 aromatic heterocycles. The van der Waals surface area contributed by atoms with Crippen LogP contribution in [0.5, 0.6) is 0 Å². The van der Waals surface area contributed by atoms with Crippen molar-refractivity contribution in [1.82, 2.24) is 4.40 Å². The first-order valence-electron chi connectivity index (χ1n) is 8.99. The van der Waals surface area contributed by atoms with Gasteiger partial charge in [-0.05, 0) is 31.7 Å². The predicted molar refractivity (Wildman–Crippen MR) is 103 cm³/mol. The van der Waals surface area contributed by atoms with Crippen molar-refractivity contribution >= 4 is 38.7 Å². The monoisotopic (exact) mass is 387 g/mol. The van der Waals surface area contributed by atoms with Gasteiger partial charge in [-0.15, -0.1) is 11.3 Å². The van der Waals surface area contributed by atoms with E-state index in [9.17, 15) is 14.7 Å². The minimum absolute atomic E-state index is 0.00863. The van der Waals surface area contributed by atoms with Gasteiger partial charge in [-0.1, -0.05) is 0 Å². The van der Waals surface area contributed by atoms with Gasteiger partial charge >= 0.3 is 5.97 Å². The zero-order valence-corrected chi connectivity index (χ0v) is 15.3. The average molecular weight is 387 g/mol. The lowest BCUT2D eigenvalue weighted by Gasteiger charge is -2.27. The van der Waals surface area contributed by atoms with Gasteiger partial charge in [0.25, 0.3) is 0 Å². The van der Waals surface area contributed by atoms with Gasteiger partial charge in [0, 0.05) is 35.8 Å². The molecule has 2 aliphatic heterocycles. The molecule has 4 heterocycles. The largest absolute Gasteiger partial charge is 0.477 e. The Kier molecular flexibility index (Phi) is 3.57. The third kappa shape index (κ3) is 2.26. The van der Waals surface area contributed by atoms with E-state index < -0.39 is 17.2 Å². The number of rotatable bonds is 1. The number of halogens is 1. The van der Waals surface area contributed by atoms with E-state index in [4.69, 9.17) is 5.73 Å². The van der Waals surface area contributed by atoms with E-state index in [0.29, 0.717) is 29.0 Å². The number of pyridine rings is 1. The standard InChI is InChI=1S/C19H18FN3O3S/c20-13-7-12-15(22-4-5-27-18(22)14(17(12)24)19(25)26)11-3-1-2-10-6-9(21)8-23(10)16(11)13/h4-5,7,9-10H,1-3,6,8,21H2,(H,25,26)/t9?,10-/m1/s1. The van der Waals surface area contributed by atoms with Gasteiger partial charge in [0.05, 0.1) is 16.6 Å². The molecule has 0 radical (unpaired) electrons. The Morgan fingerprint density at radius 2 is 2.22 bits per heavy atom. The molecule has 8 heteroatoms. The molecule has 3 aromatic rings. The summed E-state index contributed by atoms with van der Waals surface area (Å²) in [4.78, 5) is 27.0. The molecule has 0 bridgehead atoms. The zero-order valence-electron chi connectivity index (χ0n) is 14.4. The van der Waals surface area contributed by atoms with Crippen LogP contribution in [0.25, 0.3) is 15.7 Å². The van der Waals surface area contributed by atoms with E-state index in [0.717, 1.165) is 24.8 Å². The summed E-state index contributed by atoms with van der Waals surface area (Å²) in [5.41, 5.74) is 7.14. The van der Waals surface area contributed by atoms with Gasteiger partial charge in [-0.3, -0.25) is 4.79 Å².